The van der Waals surface area contributed by atoms with Gasteiger partial charge in [0.25, 0.3) is 0 Å². The number of carbonyl (C=O) groups is 1. The van der Waals surface area contributed by atoms with Crippen molar-refractivity contribution in [2.45, 2.75) is 77.7 Å². The molecule has 4 heteroatoms. The number of fused-ring (bicyclic) bond motifs is 1. The second-order valence-corrected chi connectivity index (χ2v) is 11.9. The Labute approximate surface area is 216 Å². The highest BCUT2D eigenvalue weighted by atomic mass is 19.1. The number of rotatable bonds is 8. The van der Waals surface area contributed by atoms with Crippen molar-refractivity contribution in [1.29, 1.82) is 0 Å². The molecule has 2 aliphatic carbocycles. The molecule has 5 rings (SSSR count). The predicted molar refractivity (Wildman–Crippen MR) is 145 cm³/mol. The van der Waals surface area contributed by atoms with E-state index in [0.29, 0.717) is 41.9 Å². The van der Waals surface area contributed by atoms with Gasteiger partial charge in [-0.2, -0.15) is 0 Å². The Bertz CT molecular complexity index is 1020. The van der Waals surface area contributed by atoms with Crippen molar-refractivity contribution in [3.8, 4) is 0 Å². The monoisotopic (exact) mass is 490 g/mol. The van der Waals surface area contributed by atoms with Crippen molar-refractivity contribution in [2.24, 2.45) is 23.7 Å². The largest absolute Gasteiger partial charge is 0.381 e. The van der Waals surface area contributed by atoms with E-state index in [1.807, 2.05) is 12.1 Å². The first-order valence-corrected chi connectivity index (χ1v) is 14.3. The van der Waals surface area contributed by atoms with E-state index in [1.165, 1.54) is 67.5 Å². The van der Waals surface area contributed by atoms with Crippen molar-refractivity contribution < 1.29 is 9.18 Å². The van der Waals surface area contributed by atoms with Crippen LogP contribution in [0.4, 0.5) is 4.39 Å². The van der Waals surface area contributed by atoms with Crippen molar-refractivity contribution in [3.05, 3.63) is 70.7 Å². The standard InChI is InChI=1S/C32H43FN2O/c1-22-23(2)34-32-18-25(11-14-31(22)32)17-30(36)19-27-7-3-4-8-28(27)21-35-15-5-6-26(20-35)16-24-9-12-29(33)13-10-24/h9-14,18,26-28,31-32,34H,3-8,15-17,19-21H2,1-2H3/t26-,27-,28-,31?,32?/m0/s1. The highest BCUT2D eigenvalue weighted by Crippen LogP contribution is 2.36. The summed E-state index contributed by atoms with van der Waals surface area (Å²) in [5.41, 5.74) is 5.13. The maximum absolute atomic E-state index is 13.3. The first-order chi connectivity index (χ1) is 17.4. The molecule has 36 heavy (non-hydrogen) atoms. The smallest absolute Gasteiger partial charge is 0.137 e. The number of carbonyl (C=O) groups excluding carboxylic acids is 1. The fourth-order valence-electron chi connectivity index (χ4n) is 7.17. The van der Waals surface area contributed by atoms with E-state index in [1.54, 1.807) is 12.1 Å². The van der Waals surface area contributed by atoms with Gasteiger partial charge in [-0.1, -0.05) is 43.2 Å². The number of nitrogens with one attached hydrogen (secondary N) is 1. The number of piperidine rings is 1. The summed E-state index contributed by atoms with van der Waals surface area (Å²) in [5, 5.41) is 3.58. The van der Waals surface area contributed by atoms with Crippen LogP contribution in [0, 0.1) is 29.5 Å². The van der Waals surface area contributed by atoms with Crippen LogP contribution in [0.2, 0.25) is 0 Å². The molecule has 2 heterocycles. The molecular weight excluding hydrogens is 447 g/mol. The normalized spacial score (nSPS) is 30.6. The summed E-state index contributed by atoms with van der Waals surface area (Å²) in [7, 11) is 0. The van der Waals surface area contributed by atoms with E-state index < -0.39 is 0 Å². The van der Waals surface area contributed by atoms with Crippen LogP contribution >= 0.6 is 0 Å². The molecule has 0 radical (unpaired) electrons. The third-order valence-corrected chi connectivity index (χ3v) is 9.26. The Morgan fingerprint density at radius 2 is 1.83 bits per heavy atom. The van der Waals surface area contributed by atoms with Crippen molar-refractivity contribution >= 4 is 5.78 Å². The van der Waals surface area contributed by atoms with Gasteiger partial charge >= 0.3 is 0 Å². The summed E-state index contributed by atoms with van der Waals surface area (Å²) in [5.74, 6) is 2.52. The van der Waals surface area contributed by atoms with Crippen LogP contribution in [0.25, 0.3) is 0 Å². The molecule has 1 aromatic carbocycles. The molecule has 4 aliphatic rings. The molecule has 0 spiro atoms. The summed E-state index contributed by atoms with van der Waals surface area (Å²) in [6.07, 6.45) is 16.6. The zero-order valence-corrected chi connectivity index (χ0v) is 22.1. The lowest BCUT2D eigenvalue weighted by atomic mass is 9.75. The zero-order valence-electron chi connectivity index (χ0n) is 22.1. The van der Waals surface area contributed by atoms with E-state index in [2.05, 4.69) is 42.3 Å². The predicted octanol–water partition coefficient (Wildman–Crippen LogP) is 6.61. The Balaban J connectivity index is 1.13. The van der Waals surface area contributed by atoms with E-state index in [4.69, 9.17) is 0 Å². The lowest BCUT2D eigenvalue weighted by Gasteiger charge is -2.39. The van der Waals surface area contributed by atoms with Gasteiger partial charge in [0.15, 0.2) is 0 Å². The maximum Gasteiger partial charge on any atom is 0.137 e. The van der Waals surface area contributed by atoms with Crippen LogP contribution in [0.3, 0.4) is 0 Å². The highest BCUT2D eigenvalue weighted by Gasteiger charge is 2.32. The number of likely N-dealkylation sites (tertiary alicyclic amines) is 1. The molecular formula is C32H43FN2O. The number of ketones is 1. The number of allylic oxidation sites excluding steroid dienone is 3. The quantitative estimate of drug-likeness (QED) is 0.445. The minimum Gasteiger partial charge on any atom is -0.381 e. The van der Waals surface area contributed by atoms with Gasteiger partial charge in [0.1, 0.15) is 11.6 Å². The molecule has 0 aromatic heterocycles. The molecule has 194 valence electrons. The molecule has 1 N–H and O–H groups in total. The van der Waals surface area contributed by atoms with E-state index in [-0.39, 0.29) is 5.82 Å². The fourth-order valence-corrected chi connectivity index (χ4v) is 7.17. The third-order valence-electron chi connectivity index (χ3n) is 9.26. The van der Waals surface area contributed by atoms with Gasteiger partial charge in [-0.3, -0.25) is 4.79 Å². The van der Waals surface area contributed by atoms with Crippen LogP contribution in [0.15, 0.2) is 59.3 Å². The number of nitrogens with zero attached hydrogens (tertiary/aromatic N) is 1. The molecule has 2 fully saturated rings. The molecule has 2 aliphatic heterocycles. The molecule has 1 saturated carbocycles. The van der Waals surface area contributed by atoms with E-state index in [0.717, 1.165) is 25.9 Å². The van der Waals surface area contributed by atoms with Crippen LogP contribution in [0.1, 0.15) is 70.8 Å². The van der Waals surface area contributed by atoms with Crippen molar-refractivity contribution in [3.63, 3.8) is 0 Å². The summed E-state index contributed by atoms with van der Waals surface area (Å²) >= 11 is 0. The van der Waals surface area contributed by atoms with Gasteiger partial charge in [0.2, 0.25) is 0 Å². The van der Waals surface area contributed by atoms with Crippen LogP contribution < -0.4 is 5.32 Å². The minimum absolute atomic E-state index is 0.153. The number of halogens is 1. The first kappa shape index (κ1) is 25.4. The topological polar surface area (TPSA) is 32.3 Å². The Morgan fingerprint density at radius 3 is 2.64 bits per heavy atom. The average Bonchev–Trinajstić information content (AvgIpc) is 3.14. The number of hydrogen-bond donors (Lipinski definition) is 1. The van der Waals surface area contributed by atoms with Gasteiger partial charge < -0.3 is 10.2 Å². The van der Waals surface area contributed by atoms with E-state index in [9.17, 15) is 9.18 Å². The summed E-state index contributed by atoms with van der Waals surface area (Å²) in [6, 6.07) is 7.37. The molecule has 2 unspecified atom stereocenters. The molecule has 1 aromatic rings. The third kappa shape index (κ3) is 6.19. The minimum atomic E-state index is -0.153. The zero-order chi connectivity index (χ0) is 25.1. The molecule has 3 nitrogen and oxygen atoms in total. The molecule has 1 saturated heterocycles. The summed E-state index contributed by atoms with van der Waals surface area (Å²) in [4.78, 5) is 15.8. The number of Topliss-reactive ketones (excluding diaryl/α,β-unsaturated/α-hetero) is 1. The highest BCUT2D eigenvalue weighted by molar-refractivity contribution is 5.82. The molecule has 5 atom stereocenters. The van der Waals surface area contributed by atoms with Gasteiger partial charge in [-0.25, -0.2) is 4.39 Å². The lowest BCUT2D eigenvalue weighted by molar-refractivity contribution is -0.120. The average molecular weight is 491 g/mol. The fraction of sp³-hybridized carbons (Fsp3) is 0.594. The SMILES string of the molecule is CC1=C(C)C2C=CC(CC(=O)C[C@@H]3CCCC[C@H]3CN3CCC[C@@H](Cc4ccc(F)cc4)C3)=CC2N1. The Hall–Kier alpha value is -2.20. The summed E-state index contributed by atoms with van der Waals surface area (Å²) in [6.45, 7) is 7.80. The van der Waals surface area contributed by atoms with Gasteiger partial charge in [0.05, 0.1) is 6.04 Å². The maximum atomic E-state index is 13.3. The van der Waals surface area contributed by atoms with Crippen molar-refractivity contribution in [1.82, 2.24) is 10.2 Å². The lowest BCUT2D eigenvalue weighted by Crippen LogP contribution is -2.41. The van der Waals surface area contributed by atoms with E-state index >= 15 is 0 Å². The second-order valence-electron chi connectivity index (χ2n) is 11.9. The van der Waals surface area contributed by atoms with Crippen molar-refractivity contribution in [2.75, 3.05) is 19.6 Å². The van der Waals surface area contributed by atoms with Crippen LogP contribution in [0.5, 0.6) is 0 Å². The Kier molecular flexibility index (Phi) is 8.10. The number of benzene rings is 1. The summed E-state index contributed by atoms with van der Waals surface area (Å²) < 4.78 is 13.3. The van der Waals surface area contributed by atoms with Gasteiger partial charge in [-0.05, 0) is 99.1 Å². The number of hydrogen-bond acceptors (Lipinski definition) is 3. The van der Waals surface area contributed by atoms with Gasteiger partial charge in [0, 0.05) is 37.5 Å². The molecule has 0 amide bonds. The first-order valence-electron chi connectivity index (χ1n) is 14.3. The molecule has 0 bridgehead atoms. The van der Waals surface area contributed by atoms with Crippen LogP contribution in [-0.4, -0.2) is 36.4 Å². The Morgan fingerprint density at radius 1 is 1.06 bits per heavy atom. The second kappa shape index (κ2) is 11.5. The van der Waals surface area contributed by atoms with Crippen LogP contribution in [-0.2, 0) is 11.2 Å². The van der Waals surface area contributed by atoms with Gasteiger partial charge in [-0.15, -0.1) is 0 Å².